The van der Waals surface area contributed by atoms with Crippen molar-refractivity contribution in [2.24, 2.45) is 0 Å². The number of nitrogens with zero attached hydrogens (tertiary/aromatic N) is 1. The summed E-state index contributed by atoms with van der Waals surface area (Å²) in [7, 11) is 0. The largest absolute Gasteiger partial charge is 0.325 e. The smallest absolute Gasteiger partial charge is 0.324 e. The Labute approximate surface area is 166 Å². The van der Waals surface area contributed by atoms with Crippen molar-refractivity contribution in [2.75, 3.05) is 11.9 Å². The van der Waals surface area contributed by atoms with Gasteiger partial charge in [0.05, 0.1) is 5.69 Å². The molecule has 0 unspecified atom stereocenters. The maximum absolute atomic E-state index is 12.4. The highest BCUT2D eigenvalue weighted by Crippen LogP contribution is 2.33. The standard InChI is InChI=1S/C19H18ClN3O3S/c1-19(2)17(25)23(18(26)22-19)11-16(24)21-14-5-3-4-6-15(14)27-13-9-7-12(20)8-10-13/h3-10H,11H2,1-2H3,(H,21,24)(H,22,26). The number of benzene rings is 2. The fraction of sp³-hybridized carbons (Fsp3) is 0.211. The molecular weight excluding hydrogens is 386 g/mol. The number of halogens is 1. The van der Waals surface area contributed by atoms with Crippen molar-refractivity contribution in [1.82, 2.24) is 10.2 Å². The second kappa shape index (κ2) is 7.62. The molecule has 8 heteroatoms. The predicted octanol–water partition coefficient (Wildman–Crippen LogP) is 3.76. The lowest BCUT2D eigenvalue weighted by atomic mass is 10.1. The van der Waals surface area contributed by atoms with Crippen LogP contribution in [0.2, 0.25) is 5.02 Å². The van der Waals surface area contributed by atoms with Crippen molar-refractivity contribution in [3.8, 4) is 0 Å². The van der Waals surface area contributed by atoms with E-state index in [9.17, 15) is 14.4 Å². The molecule has 1 fully saturated rings. The summed E-state index contributed by atoms with van der Waals surface area (Å²) in [5.41, 5.74) is -0.395. The van der Waals surface area contributed by atoms with Gasteiger partial charge in [0.2, 0.25) is 5.91 Å². The van der Waals surface area contributed by atoms with E-state index in [4.69, 9.17) is 11.6 Å². The lowest BCUT2D eigenvalue weighted by Gasteiger charge is -2.16. The third-order valence-electron chi connectivity index (χ3n) is 3.95. The first-order chi connectivity index (χ1) is 12.8. The Bertz CT molecular complexity index is 899. The normalized spacial score (nSPS) is 15.6. The van der Waals surface area contributed by atoms with E-state index in [1.807, 2.05) is 24.3 Å². The maximum atomic E-state index is 12.4. The number of carbonyl (C=O) groups is 3. The zero-order chi connectivity index (χ0) is 19.6. The van der Waals surface area contributed by atoms with Gasteiger partial charge in [-0.25, -0.2) is 4.79 Å². The minimum Gasteiger partial charge on any atom is -0.324 e. The predicted molar refractivity (Wildman–Crippen MR) is 105 cm³/mol. The van der Waals surface area contributed by atoms with E-state index in [0.29, 0.717) is 10.7 Å². The molecule has 2 aromatic rings. The minimum absolute atomic E-state index is 0.339. The molecule has 1 aliphatic heterocycles. The van der Waals surface area contributed by atoms with Crippen LogP contribution in [0, 0.1) is 0 Å². The van der Waals surface area contributed by atoms with Gasteiger partial charge in [-0.2, -0.15) is 0 Å². The number of carbonyl (C=O) groups excluding carboxylic acids is 3. The second-order valence-electron chi connectivity index (χ2n) is 6.55. The fourth-order valence-corrected chi connectivity index (χ4v) is 3.61. The van der Waals surface area contributed by atoms with Crippen LogP contribution in [0.3, 0.4) is 0 Å². The summed E-state index contributed by atoms with van der Waals surface area (Å²) >= 11 is 7.38. The molecule has 4 amide bonds. The third kappa shape index (κ3) is 4.43. The Balaban J connectivity index is 1.70. The molecule has 1 saturated heterocycles. The van der Waals surface area contributed by atoms with E-state index in [2.05, 4.69) is 10.6 Å². The van der Waals surface area contributed by atoms with E-state index in [1.165, 1.54) is 11.8 Å². The van der Waals surface area contributed by atoms with Crippen LogP contribution in [0.25, 0.3) is 0 Å². The molecule has 0 aromatic heterocycles. The van der Waals surface area contributed by atoms with Crippen molar-refractivity contribution in [3.05, 3.63) is 53.6 Å². The number of anilines is 1. The summed E-state index contributed by atoms with van der Waals surface area (Å²) in [6.07, 6.45) is 0. The average Bonchev–Trinajstić information content (AvgIpc) is 2.80. The fourth-order valence-electron chi connectivity index (χ4n) is 2.58. The summed E-state index contributed by atoms with van der Waals surface area (Å²) in [5, 5.41) is 5.98. The highest BCUT2D eigenvalue weighted by atomic mass is 35.5. The van der Waals surface area contributed by atoms with E-state index >= 15 is 0 Å². The molecule has 2 aromatic carbocycles. The Morgan fingerprint density at radius 2 is 1.81 bits per heavy atom. The SMILES string of the molecule is CC1(C)NC(=O)N(CC(=O)Nc2ccccc2Sc2ccc(Cl)cc2)C1=O. The molecular formula is C19H18ClN3O3S. The lowest BCUT2D eigenvalue weighted by Crippen LogP contribution is -2.41. The van der Waals surface area contributed by atoms with Gasteiger partial charge < -0.3 is 10.6 Å². The van der Waals surface area contributed by atoms with E-state index in [0.717, 1.165) is 14.7 Å². The van der Waals surface area contributed by atoms with Crippen molar-refractivity contribution >= 4 is 46.9 Å². The van der Waals surface area contributed by atoms with Crippen LogP contribution in [0.15, 0.2) is 58.3 Å². The van der Waals surface area contributed by atoms with Crippen molar-refractivity contribution in [3.63, 3.8) is 0 Å². The number of para-hydroxylation sites is 1. The highest BCUT2D eigenvalue weighted by molar-refractivity contribution is 7.99. The summed E-state index contributed by atoms with van der Waals surface area (Å²) in [6.45, 7) is 2.86. The number of amides is 4. The lowest BCUT2D eigenvalue weighted by molar-refractivity contribution is -0.132. The van der Waals surface area contributed by atoms with Crippen molar-refractivity contribution in [2.45, 2.75) is 29.2 Å². The van der Waals surface area contributed by atoms with Gasteiger partial charge in [-0.05, 0) is 50.2 Å². The van der Waals surface area contributed by atoms with Gasteiger partial charge in [0.1, 0.15) is 12.1 Å². The van der Waals surface area contributed by atoms with Crippen LogP contribution >= 0.6 is 23.4 Å². The molecule has 6 nitrogen and oxygen atoms in total. The minimum atomic E-state index is -1.00. The van der Waals surface area contributed by atoms with Gasteiger partial charge in [-0.3, -0.25) is 14.5 Å². The van der Waals surface area contributed by atoms with Crippen molar-refractivity contribution < 1.29 is 14.4 Å². The first-order valence-electron chi connectivity index (χ1n) is 8.23. The molecule has 27 heavy (non-hydrogen) atoms. The molecule has 0 saturated carbocycles. The zero-order valence-electron chi connectivity index (χ0n) is 14.8. The molecule has 0 atom stereocenters. The molecule has 1 aliphatic rings. The Kier molecular flexibility index (Phi) is 5.43. The Hall–Kier alpha value is -2.51. The molecule has 0 spiro atoms. The zero-order valence-corrected chi connectivity index (χ0v) is 16.4. The van der Waals surface area contributed by atoms with Crippen molar-refractivity contribution in [1.29, 1.82) is 0 Å². The molecule has 140 valence electrons. The van der Waals surface area contributed by atoms with Gasteiger partial charge in [-0.15, -0.1) is 0 Å². The summed E-state index contributed by atoms with van der Waals surface area (Å²) in [4.78, 5) is 39.3. The first kappa shape index (κ1) is 19.3. The number of hydrogen-bond acceptors (Lipinski definition) is 4. The van der Waals surface area contributed by atoms with Gasteiger partial charge in [0, 0.05) is 14.8 Å². The van der Waals surface area contributed by atoms with E-state index < -0.39 is 23.4 Å². The molecule has 0 aliphatic carbocycles. The topological polar surface area (TPSA) is 78.5 Å². The highest BCUT2D eigenvalue weighted by Gasteiger charge is 2.44. The quantitative estimate of drug-likeness (QED) is 0.745. The van der Waals surface area contributed by atoms with Gasteiger partial charge in [-0.1, -0.05) is 35.5 Å². The van der Waals surface area contributed by atoms with E-state index in [-0.39, 0.29) is 6.54 Å². The van der Waals surface area contributed by atoms with E-state index in [1.54, 1.807) is 38.1 Å². The van der Waals surface area contributed by atoms with Crippen LogP contribution in [0.5, 0.6) is 0 Å². The Morgan fingerprint density at radius 1 is 1.15 bits per heavy atom. The number of hydrogen-bond donors (Lipinski definition) is 2. The molecule has 2 N–H and O–H groups in total. The van der Waals surface area contributed by atoms with Crippen LogP contribution in [-0.2, 0) is 9.59 Å². The number of urea groups is 1. The van der Waals surface area contributed by atoms with Gasteiger partial charge in [0.15, 0.2) is 0 Å². The van der Waals surface area contributed by atoms with Crippen LogP contribution in [-0.4, -0.2) is 34.8 Å². The monoisotopic (exact) mass is 403 g/mol. The van der Waals surface area contributed by atoms with Gasteiger partial charge >= 0.3 is 6.03 Å². The first-order valence-corrected chi connectivity index (χ1v) is 9.42. The summed E-state index contributed by atoms with van der Waals surface area (Å²) in [5.74, 6) is -0.869. The molecule has 1 heterocycles. The van der Waals surface area contributed by atoms with Crippen LogP contribution in [0.4, 0.5) is 10.5 Å². The summed E-state index contributed by atoms with van der Waals surface area (Å²) < 4.78 is 0. The van der Waals surface area contributed by atoms with Crippen LogP contribution < -0.4 is 10.6 Å². The number of nitrogens with one attached hydrogen (secondary N) is 2. The molecule has 0 bridgehead atoms. The van der Waals surface area contributed by atoms with Gasteiger partial charge in [0.25, 0.3) is 5.91 Å². The number of imide groups is 1. The second-order valence-corrected chi connectivity index (χ2v) is 8.10. The average molecular weight is 404 g/mol. The Morgan fingerprint density at radius 3 is 2.44 bits per heavy atom. The third-order valence-corrected chi connectivity index (χ3v) is 5.28. The molecule has 0 radical (unpaired) electrons. The molecule has 3 rings (SSSR count). The summed E-state index contributed by atoms with van der Waals surface area (Å²) in [6, 6.07) is 14.1. The van der Waals surface area contributed by atoms with Crippen LogP contribution in [0.1, 0.15) is 13.8 Å². The maximum Gasteiger partial charge on any atom is 0.325 e. The number of rotatable bonds is 5.